The Morgan fingerprint density at radius 2 is 2.24 bits per heavy atom. The van der Waals surface area contributed by atoms with E-state index in [0.29, 0.717) is 18.9 Å². The Labute approximate surface area is 102 Å². The van der Waals surface area contributed by atoms with E-state index in [1.54, 1.807) is 6.33 Å². The van der Waals surface area contributed by atoms with Crippen LogP contribution >= 0.6 is 0 Å². The van der Waals surface area contributed by atoms with Crippen molar-refractivity contribution >= 4 is 11.6 Å². The molecule has 1 rings (SSSR count). The zero-order valence-corrected chi connectivity index (χ0v) is 10.6. The molecule has 0 amide bonds. The van der Waals surface area contributed by atoms with Crippen molar-refractivity contribution in [3.8, 4) is 6.07 Å². The highest BCUT2D eigenvalue weighted by atomic mass is 15.2. The Morgan fingerprint density at radius 3 is 2.82 bits per heavy atom. The van der Waals surface area contributed by atoms with Gasteiger partial charge in [0, 0.05) is 26.2 Å². The summed E-state index contributed by atoms with van der Waals surface area (Å²) in [7, 11) is 1.83. The summed E-state index contributed by atoms with van der Waals surface area (Å²) in [6.45, 7) is 5.90. The van der Waals surface area contributed by atoms with Crippen molar-refractivity contribution in [1.29, 1.82) is 5.26 Å². The Kier molecular flexibility index (Phi) is 5.21. The predicted molar refractivity (Wildman–Crippen MR) is 68.9 cm³/mol. The summed E-state index contributed by atoms with van der Waals surface area (Å²) in [5.74, 6) is 2.19. The van der Waals surface area contributed by atoms with Gasteiger partial charge in [0.05, 0.1) is 12.5 Å². The van der Waals surface area contributed by atoms with Gasteiger partial charge in [-0.05, 0) is 5.92 Å². The molecular formula is C12H19N5. The van der Waals surface area contributed by atoms with Gasteiger partial charge in [0.2, 0.25) is 0 Å². The molecule has 0 aliphatic heterocycles. The third-order valence-corrected chi connectivity index (χ3v) is 2.31. The van der Waals surface area contributed by atoms with E-state index in [9.17, 15) is 0 Å². The normalized spacial score (nSPS) is 10.1. The lowest BCUT2D eigenvalue weighted by Gasteiger charge is -2.24. The van der Waals surface area contributed by atoms with Crippen LogP contribution in [0.2, 0.25) is 0 Å². The molecule has 5 heteroatoms. The predicted octanol–water partition coefficient (Wildman–Crippen LogP) is 1.89. The van der Waals surface area contributed by atoms with Crippen molar-refractivity contribution in [2.75, 3.05) is 30.4 Å². The summed E-state index contributed by atoms with van der Waals surface area (Å²) < 4.78 is 0. The molecule has 1 heterocycles. The fourth-order valence-corrected chi connectivity index (χ4v) is 1.58. The minimum Gasteiger partial charge on any atom is -0.373 e. The fraction of sp³-hybridized carbons (Fsp3) is 0.583. The zero-order chi connectivity index (χ0) is 12.7. The molecule has 0 aromatic carbocycles. The van der Waals surface area contributed by atoms with Crippen LogP contribution < -0.4 is 10.2 Å². The van der Waals surface area contributed by atoms with E-state index in [2.05, 4.69) is 40.1 Å². The van der Waals surface area contributed by atoms with Gasteiger partial charge in [-0.2, -0.15) is 5.26 Å². The molecule has 1 N–H and O–H groups in total. The van der Waals surface area contributed by atoms with E-state index in [4.69, 9.17) is 5.26 Å². The summed E-state index contributed by atoms with van der Waals surface area (Å²) in [5.41, 5.74) is 0. The Hall–Kier alpha value is -1.83. The number of hydrogen-bond donors (Lipinski definition) is 1. The molecule has 0 radical (unpaired) electrons. The van der Waals surface area contributed by atoms with E-state index in [1.807, 2.05) is 13.1 Å². The second-order valence-electron chi connectivity index (χ2n) is 4.26. The van der Waals surface area contributed by atoms with E-state index in [1.165, 1.54) is 0 Å². The van der Waals surface area contributed by atoms with Crippen LogP contribution in [0.1, 0.15) is 20.3 Å². The van der Waals surface area contributed by atoms with Crippen LogP contribution in [-0.4, -0.2) is 30.1 Å². The van der Waals surface area contributed by atoms with Crippen molar-refractivity contribution in [2.45, 2.75) is 20.3 Å². The molecule has 0 saturated carbocycles. The molecule has 0 aliphatic carbocycles. The van der Waals surface area contributed by atoms with Gasteiger partial charge in [-0.1, -0.05) is 13.8 Å². The molecule has 1 aromatic rings. The average Bonchev–Trinajstić information content (AvgIpc) is 2.34. The quantitative estimate of drug-likeness (QED) is 0.813. The molecule has 92 valence electrons. The monoisotopic (exact) mass is 233 g/mol. The van der Waals surface area contributed by atoms with Crippen molar-refractivity contribution in [1.82, 2.24) is 9.97 Å². The maximum Gasteiger partial charge on any atom is 0.134 e. The van der Waals surface area contributed by atoms with Crippen LogP contribution in [0.15, 0.2) is 12.4 Å². The maximum atomic E-state index is 8.68. The lowest BCUT2D eigenvalue weighted by atomic mass is 10.2. The van der Waals surface area contributed by atoms with E-state index in [-0.39, 0.29) is 0 Å². The number of hydrogen-bond acceptors (Lipinski definition) is 5. The third-order valence-electron chi connectivity index (χ3n) is 2.31. The van der Waals surface area contributed by atoms with Crippen molar-refractivity contribution < 1.29 is 0 Å². The molecule has 5 nitrogen and oxygen atoms in total. The SMILES string of the molecule is CNc1cc(N(CCC#N)CC(C)C)ncn1. The summed E-state index contributed by atoms with van der Waals surface area (Å²) in [4.78, 5) is 10.5. The second-order valence-corrected chi connectivity index (χ2v) is 4.26. The zero-order valence-electron chi connectivity index (χ0n) is 10.6. The van der Waals surface area contributed by atoms with Crippen molar-refractivity contribution in [3.05, 3.63) is 12.4 Å². The first-order valence-electron chi connectivity index (χ1n) is 5.79. The van der Waals surface area contributed by atoms with Gasteiger partial charge in [-0.3, -0.25) is 0 Å². The van der Waals surface area contributed by atoms with Crippen LogP contribution in [0.5, 0.6) is 0 Å². The van der Waals surface area contributed by atoms with E-state index < -0.39 is 0 Å². The van der Waals surface area contributed by atoms with E-state index >= 15 is 0 Å². The number of nitriles is 1. The van der Waals surface area contributed by atoms with Gasteiger partial charge < -0.3 is 10.2 Å². The summed E-state index contributed by atoms with van der Waals surface area (Å²) in [6, 6.07) is 4.07. The first-order chi connectivity index (χ1) is 8.17. The highest BCUT2D eigenvalue weighted by molar-refractivity contribution is 5.48. The van der Waals surface area contributed by atoms with Gasteiger partial charge in [-0.25, -0.2) is 9.97 Å². The van der Waals surface area contributed by atoms with Crippen molar-refractivity contribution in [3.63, 3.8) is 0 Å². The lowest BCUT2D eigenvalue weighted by Crippen LogP contribution is -2.29. The topological polar surface area (TPSA) is 64.8 Å². The highest BCUT2D eigenvalue weighted by Crippen LogP contribution is 2.15. The molecule has 0 saturated heterocycles. The number of anilines is 2. The fourth-order valence-electron chi connectivity index (χ4n) is 1.58. The molecule has 0 atom stereocenters. The molecule has 17 heavy (non-hydrogen) atoms. The molecule has 0 unspecified atom stereocenters. The Balaban J connectivity index is 2.83. The number of nitrogens with one attached hydrogen (secondary N) is 1. The largest absolute Gasteiger partial charge is 0.373 e. The molecular weight excluding hydrogens is 214 g/mol. The second kappa shape index (κ2) is 6.69. The van der Waals surface area contributed by atoms with Crippen LogP contribution in [-0.2, 0) is 0 Å². The van der Waals surface area contributed by atoms with Gasteiger partial charge in [-0.15, -0.1) is 0 Å². The number of rotatable bonds is 6. The molecule has 0 fully saturated rings. The highest BCUT2D eigenvalue weighted by Gasteiger charge is 2.10. The summed E-state index contributed by atoms with van der Waals surface area (Å²) >= 11 is 0. The van der Waals surface area contributed by atoms with Gasteiger partial charge in [0.15, 0.2) is 0 Å². The van der Waals surface area contributed by atoms with Crippen LogP contribution in [0.25, 0.3) is 0 Å². The van der Waals surface area contributed by atoms with Crippen LogP contribution in [0.3, 0.4) is 0 Å². The first kappa shape index (κ1) is 13.2. The van der Waals surface area contributed by atoms with E-state index in [0.717, 1.165) is 18.2 Å². The van der Waals surface area contributed by atoms with Crippen LogP contribution in [0.4, 0.5) is 11.6 Å². The maximum absolute atomic E-state index is 8.68. The molecule has 0 bridgehead atoms. The standard InChI is InChI=1S/C12H19N5/c1-10(2)8-17(6-4-5-13)12-7-11(14-3)15-9-16-12/h7,9-10H,4,6,8H2,1-3H3,(H,14,15,16). The Morgan fingerprint density at radius 1 is 1.47 bits per heavy atom. The molecule has 0 spiro atoms. The summed E-state index contributed by atoms with van der Waals surface area (Å²) in [6.07, 6.45) is 2.05. The lowest BCUT2D eigenvalue weighted by molar-refractivity contribution is 0.607. The third kappa shape index (κ3) is 4.27. The average molecular weight is 233 g/mol. The number of aromatic nitrogens is 2. The molecule has 0 aliphatic rings. The van der Waals surface area contributed by atoms with Gasteiger partial charge >= 0.3 is 0 Å². The van der Waals surface area contributed by atoms with Gasteiger partial charge in [0.25, 0.3) is 0 Å². The van der Waals surface area contributed by atoms with Gasteiger partial charge in [0.1, 0.15) is 18.0 Å². The first-order valence-corrected chi connectivity index (χ1v) is 5.79. The Bertz CT molecular complexity index is 383. The summed E-state index contributed by atoms with van der Waals surface area (Å²) in [5, 5.41) is 11.7. The smallest absolute Gasteiger partial charge is 0.134 e. The van der Waals surface area contributed by atoms with Crippen molar-refractivity contribution in [2.24, 2.45) is 5.92 Å². The minimum atomic E-state index is 0.506. The van der Waals surface area contributed by atoms with Crippen LogP contribution in [0, 0.1) is 17.2 Å². The minimum absolute atomic E-state index is 0.506. The molecule has 1 aromatic heterocycles. The number of nitrogens with zero attached hydrogens (tertiary/aromatic N) is 4.